The smallest absolute Gasteiger partial charge is 0.219 e. The second-order valence-electron chi connectivity index (χ2n) is 4.35. The molecule has 1 aliphatic heterocycles. The van der Waals surface area contributed by atoms with E-state index in [0.717, 1.165) is 19.5 Å². The van der Waals surface area contributed by atoms with Crippen LogP contribution in [0.3, 0.4) is 0 Å². The lowest BCUT2D eigenvalue weighted by Gasteiger charge is -2.22. The summed E-state index contributed by atoms with van der Waals surface area (Å²) in [6.45, 7) is 3.79. The van der Waals surface area contributed by atoms with Crippen molar-refractivity contribution in [2.45, 2.75) is 19.3 Å². The van der Waals surface area contributed by atoms with E-state index in [9.17, 15) is 4.79 Å². The van der Waals surface area contributed by atoms with Crippen LogP contribution in [0.5, 0.6) is 0 Å². The maximum atomic E-state index is 11.4. The molecule has 0 radical (unpaired) electrons. The van der Waals surface area contributed by atoms with Crippen molar-refractivity contribution in [2.75, 3.05) is 19.6 Å². The molecule has 3 nitrogen and oxygen atoms in total. The van der Waals surface area contributed by atoms with Gasteiger partial charge in [-0.2, -0.15) is 0 Å². The highest BCUT2D eigenvalue weighted by molar-refractivity contribution is 5.73. The fourth-order valence-corrected chi connectivity index (χ4v) is 2.36. The number of fused-ring (bicyclic) bond motifs is 1. The second kappa shape index (κ2) is 4.66. The summed E-state index contributed by atoms with van der Waals surface area (Å²) in [4.78, 5) is 13.3. The lowest BCUT2D eigenvalue weighted by Crippen LogP contribution is -2.34. The summed E-state index contributed by atoms with van der Waals surface area (Å²) in [6.07, 6.45) is 0.937. The second-order valence-corrected chi connectivity index (χ2v) is 4.35. The molecule has 1 aromatic carbocycles. The maximum absolute atomic E-state index is 11.4. The summed E-state index contributed by atoms with van der Waals surface area (Å²) >= 11 is 0. The van der Waals surface area contributed by atoms with E-state index in [4.69, 9.17) is 5.73 Å². The van der Waals surface area contributed by atoms with Crippen molar-refractivity contribution in [3.8, 4) is 0 Å². The normalized spacial score (nSPS) is 20.1. The fraction of sp³-hybridized carbons (Fsp3) is 0.462. The zero-order chi connectivity index (χ0) is 11.5. The zero-order valence-electron chi connectivity index (χ0n) is 9.65. The molecule has 0 saturated carbocycles. The third kappa shape index (κ3) is 2.09. The minimum Gasteiger partial charge on any atom is -0.342 e. The Labute approximate surface area is 96.2 Å². The number of benzene rings is 1. The molecular weight excluding hydrogens is 200 g/mol. The van der Waals surface area contributed by atoms with Crippen LogP contribution < -0.4 is 5.73 Å². The van der Waals surface area contributed by atoms with Gasteiger partial charge in [0.2, 0.25) is 5.91 Å². The highest BCUT2D eigenvalue weighted by Gasteiger charge is 2.22. The number of hydrogen-bond acceptors (Lipinski definition) is 2. The maximum Gasteiger partial charge on any atom is 0.219 e. The Morgan fingerprint density at radius 2 is 2.25 bits per heavy atom. The molecule has 16 heavy (non-hydrogen) atoms. The van der Waals surface area contributed by atoms with Crippen LogP contribution in [0.25, 0.3) is 0 Å². The molecule has 86 valence electrons. The third-order valence-electron chi connectivity index (χ3n) is 3.32. The van der Waals surface area contributed by atoms with Gasteiger partial charge in [-0.1, -0.05) is 24.3 Å². The Balaban J connectivity index is 2.30. The minimum atomic E-state index is 0.145. The molecule has 3 heteroatoms. The Kier molecular flexibility index (Phi) is 3.25. The average molecular weight is 218 g/mol. The summed E-state index contributed by atoms with van der Waals surface area (Å²) in [5.74, 6) is 0.425. The van der Waals surface area contributed by atoms with Crippen LogP contribution in [0.2, 0.25) is 0 Å². The minimum absolute atomic E-state index is 0.145. The molecule has 0 bridgehead atoms. The largest absolute Gasteiger partial charge is 0.342 e. The topological polar surface area (TPSA) is 46.3 Å². The predicted octanol–water partition coefficient (Wildman–Crippen LogP) is 1.13. The molecule has 0 spiro atoms. The number of nitrogens with two attached hydrogens (primary N) is 1. The van der Waals surface area contributed by atoms with Crippen LogP contribution in [0.15, 0.2) is 24.3 Å². The van der Waals surface area contributed by atoms with E-state index in [1.807, 2.05) is 11.0 Å². The monoisotopic (exact) mass is 218 g/mol. The van der Waals surface area contributed by atoms with Gasteiger partial charge < -0.3 is 10.6 Å². The van der Waals surface area contributed by atoms with Gasteiger partial charge in [0.25, 0.3) is 0 Å². The van der Waals surface area contributed by atoms with E-state index < -0.39 is 0 Å². The molecular formula is C13H18N2O. The van der Waals surface area contributed by atoms with Gasteiger partial charge in [0.1, 0.15) is 0 Å². The van der Waals surface area contributed by atoms with Crippen LogP contribution in [-0.2, 0) is 11.2 Å². The first-order valence-corrected chi connectivity index (χ1v) is 5.75. The molecule has 1 aromatic rings. The molecule has 2 N–H and O–H groups in total. The molecule has 0 aliphatic carbocycles. The van der Waals surface area contributed by atoms with E-state index in [1.54, 1.807) is 6.92 Å². The molecule has 0 fully saturated rings. The van der Waals surface area contributed by atoms with Gasteiger partial charge in [0.05, 0.1) is 0 Å². The third-order valence-corrected chi connectivity index (χ3v) is 3.32. The van der Waals surface area contributed by atoms with E-state index in [-0.39, 0.29) is 11.8 Å². The summed E-state index contributed by atoms with van der Waals surface area (Å²) in [7, 11) is 0. The summed E-state index contributed by atoms with van der Waals surface area (Å²) < 4.78 is 0. The quantitative estimate of drug-likeness (QED) is 0.768. The molecule has 1 amide bonds. The van der Waals surface area contributed by atoms with Crippen molar-refractivity contribution < 1.29 is 4.79 Å². The van der Waals surface area contributed by atoms with Gasteiger partial charge in [-0.05, 0) is 17.5 Å². The number of carbonyl (C=O) groups is 1. The van der Waals surface area contributed by atoms with E-state index in [1.165, 1.54) is 11.1 Å². The van der Waals surface area contributed by atoms with Crippen molar-refractivity contribution in [1.29, 1.82) is 0 Å². The van der Waals surface area contributed by atoms with Crippen LogP contribution in [0.1, 0.15) is 24.0 Å². The predicted molar refractivity (Wildman–Crippen MR) is 64.2 cm³/mol. The van der Waals surface area contributed by atoms with E-state index in [2.05, 4.69) is 18.2 Å². The summed E-state index contributed by atoms with van der Waals surface area (Å²) in [6, 6.07) is 8.37. The number of rotatable bonds is 1. The molecule has 2 rings (SSSR count). The first-order chi connectivity index (χ1) is 7.72. The standard InChI is InChI=1S/C13H18N2O/c1-10(16)15-7-6-11-4-2-3-5-13(11)12(8-14)9-15/h2-5,12H,6-9,14H2,1H3. The lowest BCUT2D eigenvalue weighted by molar-refractivity contribution is -0.128. The van der Waals surface area contributed by atoms with Crippen molar-refractivity contribution in [1.82, 2.24) is 4.90 Å². The van der Waals surface area contributed by atoms with E-state index in [0.29, 0.717) is 6.54 Å². The van der Waals surface area contributed by atoms with Gasteiger partial charge >= 0.3 is 0 Å². The van der Waals surface area contributed by atoms with Crippen LogP contribution >= 0.6 is 0 Å². The molecule has 0 aromatic heterocycles. The molecule has 1 heterocycles. The fourth-order valence-electron chi connectivity index (χ4n) is 2.36. The van der Waals surface area contributed by atoms with Gasteiger partial charge in [-0.3, -0.25) is 4.79 Å². The Hall–Kier alpha value is -1.35. The van der Waals surface area contributed by atoms with Gasteiger partial charge in [-0.15, -0.1) is 0 Å². The van der Waals surface area contributed by atoms with Gasteiger partial charge in [0, 0.05) is 32.5 Å². The average Bonchev–Trinajstić information content (AvgIpc) is 2.48. The summed E-state index contributed by atoms with van der Waals surface area (Å²) in [5, 5.41) is 0. The number of amides is 1. The van der Waals surface area contributed by atoms with Crippen LogP contribution in [0, 0.1) is 0 Å². The zero-order valence-corrected chi connectivity index (χ0v) is 9.65. The van der Waals surface area contributed by atoms with Gasteiger partial charge in [-0.25, -0.2) is 0 Å². The Bertz CT molecular complexity index is 389. The van der Waals surface area contributed by atoms with Crippen LogP contribution in [0.4, 0.5) is 0 Å². The number of hydrogen-bond donors (Lipinski definition) is 1. The van der Waals surface area contributed by atoms with Crippen molar-refractivity contribution in [2.24, 2.45) is 5.73 Å². The summed E-state index contributed by atoms with van der Waals surface area (Å²) in [5.41, 5.74) is 8.46. The van der Waals surface area contributed by atoms with Crippen molar-refractivity contribution in [3.05, 3.63) is 35.4 Å². The molecule has 1 atom stereocenters. The van der Waals surface area contributed by atoms with E-state index >= 15 is 0 Å². The molecule has 1 unspecified atom stereocenters. The highest BCUT2D eigenvalue weighted by Crippen LogP contribution is 2.24. The molecule has 1 aliphatic rings. The van der Waals surface area contributed by atoms with Gasteiger partial charge in [0.15, 0.2) is 0 Å². The lowest BCUT2D eigenvalue weighted by atomic mass is 9.94. The molecule has 0 saturated heterocycles. The highest BCUT2D eigenvalue weighted by atomic mass is 16.2. The van der Waals surface area contributed by atoms with Crippen molar-refractivity contribution in [3.63, 3.8) is 0 Å². The Morgan fingerprint density at radius 1 is 1.50 bits per heavy atom. The Morgan fingerprint density at radius 3 is 2.94 bits per heavy atom. The SMILES string of the molecule is CC(=O)N1CCc2ccccc2C(CN)C1. The van der Waals surface area contributed by atoms with Crippen LogP contribution in [-0.4, -0.2) is 30.4 Å². The number of carbonyl (C=O) groups excluding carboxylic acids is 1. The first kappa shape index (κ1) is 11.1. The number of nitrogens with zero attached hydrogens (tertiary/aromatic N) is 1. The van der Waals surface area contributed by atoms with Crippen molar-refractivity contribution >= 4 is 5.91 Å². The first-order valence-electron chi connectivity index (χ1n) is 5.75.